The van der Waals surface area contributed by atoms with Gasteiger partial charge in [0.25, 0.3) is 0 Å². The van der Waals surface area contributed by atoms with Crippen LogP contribution < -0.4 is 0 Å². The Morgan fingerprint density at radius 3 is 3.00 bits per heavy atom. The second kappa shape index (κ2) is 5.60. The predicted molar refractivity (Wildman–Crippen MR) is 60.4 cm³/mol. The van der Waals surface area contributed by atoms with Crippen molar-refractivity contribution in [3.05, 3.63) is 8.05 Å². The second-order valence-electron chi connectivity index (χ2n) is 2.88. The summed E-state index contributed by atoms with van der Waals surface area (Å²) in [6, 6.07) is 0. The van der Waals surface area contributed by atoms with E-state index in [1.165, 1.54) is 37.4 Å². The molecule has 0 amide bonds. The molecule has 0 aromatic heterocycles. The SMILES string of the molecule is CCCC/C(I)=C1/CCC[Se]1. The molecule has 0 bridgehead atoms. The van der Waals surface area contributed by atoms with E-state index >= 15 is 0 Å². The van der Waals surface area contributed by atoms with Crippen LogP contribution in [0.25, 0.3) is 0 Å². The molecule has 1 heterocycles. The Kier molecular flexibility index (Phi) is 5.13. The van der Waals surface area contributed by atoms with Gasteiger partial charge in [0.05, 0.1) is 0 Å². The molecule has 0 aromatic carbocycles. The van der Waals surface area contributed by atoms with Crippen molar-refractivity contribution in [2.24, 2.45) is 0 Å². The van der Waals surface area contributed by atoms with E-state index in [2.05, 4.69) is 29.5 Å². The van der Waals surface area contributed by atoms with Crippen molar-refractivity contribution in [3.8, 4) is 0 Å². The van der Waals surface area contributed by atoms with Gasteiger partial charge in [-0.25, -0.2) is 0 Å². The summed E-state index contributed by atoms with van der Waals surface area (Å²) >= 11 is 3.44. The molecule has 1 fully saturated rings. The molecule has 64 valence electrons. The third-order valence-corrected chi connectivity index (χ3v) is 6.60. The molecule has 0 nitrogen and oxygen atoms in total. The van der Waals surface area contributed by atoms with E-state index in [1.807, 2.05) is 4.47 Å². The van der Waals surface area contributed by atoms with Crippen molar-refractivity contribution < 1.29 is 0 Å². The molecule has 0 N–H and O–H groups in total. The van der Waals surface area contributed by atoms with E-state index in [0.29, 0.717) is 0 Å². The van der Waals surface area contributed by atoms with Crippen LogP contribution in [-0.2, 0) is 0 Å². The minimum absolute atomic E-state index is 0.879. The van der Waals surface area contributed by atoms with Crippen LogP contribution in [0.3, 0.4) is 0 Å². The molecule has 11 heavy (non-hydrogen) atoms. The molecule has 0 unspecified atom stereocenters. The van der Waals surface area contributed by atoms with Crippen LogP contribution in [0.5, 0.6) is 0 Å². The fourth-order valence-corrected chi connectivity index (χ4v) is 4.92. The quantitative estimate of drug-likeness (QED) is 0.547. The molecule has 1 saturated heterocycles. The standard InChI is InChI=1S/C9H15ISe/c1-2-3-5-8(10)9-6-4-7-11-9/h2-7H2,1H3/b9-8+. The molecule has 0 radical (unpaired) electrons. The molecule has 1 aliphatic heterocycles. The van der Waals surface area contributed by atoms with E-state index in [-0.39, 0.29) is 0 Å². The Hall–Kier alpha value is 0.989. The third-order valence-electron chi connectivity index (χ3n) is 1.88. The van der Waals surface area contributed by atoms with Gasteiger partial charge in [-0.3, -0.25) is 0 Å². The molecule has 0 spiro atoms. The van der Waals surface area contributed by atoms with E-state index in [1.54, 1.807) is 3.58 Å². The molecule has 2 heteroatoms. The van der Waals surface area contributed by atoms with E-state index in [0.717, 1.165) is 15.0 Å². The van der Waals surface area contributed by atoms with Gasteiger partial charge in [-0.2, -0.15) is 0 Å². The Labute approximate surface area is 89.5 Å². The average molecular weight is 329 g/mol. The van der Waals surface area contributed by atoms with Crippen LogP contribution in [0.2, 0.25) is 5.32 Å². The third kappa shape index (κ3) is 3.47. The Morgan fingerprint density at radius 1 is 1.64 bits per heavy atom. The zero-order chi connectivity index (χ0) is 8.10. The second-order valence-corrected chi connectivity index (χ2v) is 6.68. The van der Waals surface area contributed by atoms with Crippen molar-refractivity contribution in [2.45, 2.75) is 44.3 Å². The molecule has 0 aromatic rings. The van der Waals surface area contributed by atoms with Gasteiger partial charge in [-0.15, -0.1) is 0 Å². The summed E-state index contributed by atoms with van der Waals surface area (Å²) in [6.07, 6.45) is 6.97. The predicted octanol–water partition coefficient (Wildman–Crippen LogP) is 3.74. The number of hydrogen-bond acceptors (Lipinski definition) is 0. The van der Waals surface area contributed by atoms with Crippen LogP contribution in [0.1, 0.15) is 39.0 Å². The summed E-state index contributed by atoms with van der Waals surface area (Å²) in [5, 5.41) is 1.50. The van der Waals surface area contributed by atoms with E-state index < -0.39 is 0 Å². The first kappa shape index (κ1) is 10.1. The van der Waals surface area contributed by atoms with Gasteiger partial charge in [0.15, 0.2) is 0 Å². The summed E-state index contributed by atoms with van der Waals surface area (Å²) < 4.78 is 3.52. The first-order valence-corrected chi connectivity index (χ1v) is 7.49. The fourth-order valence-electron chi connectivity index (χ4n) is 1.19. The Morgan fingerprint density at radius 2 is 2.45 bits per heavy atom. The first-order valence-electron chi connectivity index (χ1n) is 4.35. The first-order chi connectivity index (χ1) is 5.34. The molecule has 0 aliphatic carbocycles. The maximum absolute atomic E-state index is 2.56. The van der Waals surface area contributed by atoms with E-state index in [4.69, 9.17) is 0 Å². The summed E-state index contributed by atoms with van der Waals surface area (Å²) in [7, 11) is 0. The number of hydrogen-bond donors (Lipinski definition) is 0. The Bertz CT molecular complexity index is 144. The maximum atomic E-state index is 2.56. The van der Waals surface area contributed by atoms with Gasteiger partial charge in [-0.05, 0) is 0 Å². The normalized spacial score (nSPS) is 22.4. The number of rotatable bonds is 3. The van der Waals surface area contributed by atoms with Crippen molar-refractivity contribution in [1.82, 2.24) is 0 Å². The molecule has 1 rings (SSSR count). The van der Waals surface area contributed by atoms with Gasteiger partial charge in [0.1, 0.15) is 0 Å². The van der Waals surface area contributed by atoms with Crippen LogP contribution in [0, 0.1) is 0 Å². The van der Waals surface area contributed by atoms with Crippen molar-refractivity contribution in [3.63, 3.8) is 0 Å². The zero-order valence-corrected chi connectivity index (χ0v) is 10.9. The summed E-state index contributed by atoms with van der Waals surface area (Å²) in [5.74, 6) is 0. The van der Waals surface area contributed by atoms with Gasteiger partial charge in [0, 0.05) is 0 Å². The summed E-state index contributed by atoms with van der Waals surface area (Å²) in [4.78, 5) is 0. The molecule has 1 aliphatic rings. The summed E-state index contributed by atoms with van der Waals surface area (Å²) in [5.41, 5.74) is 0. The molecular formula is C9H15ISe. The van der Waals surface area contributed by atoms with Crippen molar-refractivity contribution >= 4 is 37.5 Å². The van der Waals surface area contributed by atoms with Crippen LogP contribution in [0.4, 0.5) is 0 Å². The van der Waals surface area contributed by atoms with Gasteiger partial charge in [0.2, 0.25) is 0 Å². The van der Waals surface area contributed by atoms with Crippen LogP contribution in [-0.4, -0.2) is 15.0 Å². The van der Waals surface area contributed by atoms with Crippen LogP contribution >= 0.6 is 22.6 Å². The summed E-state index contributed by atoms with van der Waals surface area (Å²) in [6.45, 7) is 2.27. The Balaban J connectivity index is 2.35. The van der Waals surface area contributed by atoms with Crippen molar-refractivity contribution in [1.29, 1.82) is 0 Å². The fraction of sp³-hybridized carbons (Fsp3) is 0.778. The van der Waals surface area contributed by atoms with Gasteiger partial charge >= 0.3 is 89.9 Å². The topological polar surface area (TPSA) is 0 Å². The molecular weight excluding hydrogens is 314 g/mol. The average Bonchev–Trinajstić information content (AvgIpc) is 2.52. The van der Waals surface area contributed by atoms with Gasteiger partial charge in [-0.1, -0.05) is 0 Å². The van der Waals surface area contributed by atoms with Gasteiger partial charge < -0.3 is 0 Å². The number of allylic oxidation sites excluding steroid dienone is 2. The monoisotopic (exact) mass is 330 g/mol. The molecule has 0 atom stereocenters. The van der Waals surface area contributed by atoms with E-state index in [9.17, 15) is 0 Å². The number of halogens is 1. The number of unbranched alkanes of at least 4 members (excludes halogenated alkanes) is 1. The molecule has 0 saturated carbocycles. The minimum atomic E-state index is 0.879. The van der Waals surface area contributed by atoms with Crippen LogP contribution in [0.15, 0.2) is 8.05 Å². The van der Waals surface area contributed by atoms with Crippen molar-refractivity contribution in [2.75, 3.05) is 0 Å². The zero-order valence-electron chi connectivity index (χ0n) is 7.03.